The smallest absolute Gasteiger partial charge is 0.137 e. The molecule has 1 unspecified atom stereocenters. The molecule has 0 amide bonds. The maximum atomic E-state index is 6.20. The molecule has 1 heterocycles. The predicted octanol–water partition coefficient (Wildman–Crippen LogP) is 3.68. The second-order valence-corrected chi connectivity index (χ2v) is 6.12. The Balaban J connectivity index is 1.96. The Bertz CT molecular complexity index is 399. The molecule has 0 aromatic heterocycles. The summed E-state index contributed by atoms with van der Waals surface area (Å²) in [7, 11) is 0. The number of hydrogen-bond donors (Lipinski definition) is 0. The number of thioether (sulfide) groups is 1. The number of rotatable bonds is 5. The van der Waals surface area contributed by atoms with Crippen LogP contribution in [0.25, 0.3) is 0 Å². The molecule has 1 fully saturated rings. The maximum Gasteiger partial charge on any atom is 0.137 e. The van der Waals surface area contributed by atoms with E-state index < -0.39 is 0 Å². The van der Waals surface area contributed by atoms with Gasteiger partial charge in [-0.15, -0.1) is 0 Å². The molecule has 0 aliphatic carbocycles. The monoisotopic (exact) mass is 285 g/mol. The topological polar surface area (TPSA) is 12.5 Å². The van der Waals surface area contributed by atoms with Gasteiger partial charge in [-0.1, -0.05) is 17.7 Å². The van der Waals surface area contributed by atoms with E-state index in [1.807, 2.05) is 30.8 Å². The molecule has 1 atom stereocenters. The first kappa shape index (κ1) is 14.0. The predicted molar refractivity (Wildman–Crippen MR) is 79.8 cm³/mol. The standard InChI is InChI=1S/C14H20ClNOS/c1-3-17-14-5-4-11(8-13(14)15)9-16-7-6-12(10-16)18-2/h4-5,8,12H,3,6-7,9-10H2,1-2H3. The fraction of sp³-hybridized carbons (Fsp3) is 0.571. The average Bonchev–Trinajstić information content (AvgIpc) is 2.80. The summed E-state index contributed by atoms with van der Waals surface area (Å²) in [5.41, 5.74) is 1.27. The third-order valence-electron chi connectivity index (χ3n) is 3.26. The Labute approximate surface area is 119 Å². The number of likely N-dealkylation sites (tertiary alicyclic amines) is 1. The van der Waals surface area contributed by atoms with E-state index in [1.165, 1.54) is 25.1 Å². The third-order valence-corrected chi connectivity index (χ3v) is 4.61. The molecule has 1 aliphatic rings. The lowest BCUT2D eigenvalue weighted by molar-refractivity contribution is 0.330. The molecule has 0 bridgehead atoms. The highest BCUT2D eigenvalue weighted by Crippen LogP contribution is 2.27. The Hall–Kier alpha value is -0.380. The zero-order valence-electron chi connectivity index (χ0n) is 11.0. The van der Waals surface area contributed by atoms with Gasteiger partial charge in [0, 0.05) is 18.3 Å². The van der Waals surface area contributed by atoms with E-state index in [0.29, 0.717) is 6.61 Å². The summed E-state index contributed by atoms with van der Waals surface area (Å²) in [4.78, 5) is 2.49. The average molecular weight is 286 g/mol. The van der Waals surface area contributed by atoms with Crippen molar-refractivity contribution < 1.29 is 4.74 Å². The number of ether oxygens (including phenoxy) is 1. The van der Waals surface area contributed by atoms with Crippen molar-refractivity contribution in [1.29, 1.82) is 0 Å². The van der Waals surface area contributed by atoms with E-state index in [1.54, 1.807) is 0 Å². The second kappa shape index (κ2) is 6.69. The minimum atomic E-state index is 0.653. The quantitative estimate of drug-likeness (QED) is 0.819. The molecule has 1 aliphatic heterocycles. The van der Waals surface area contributed by atoms with Crippen molar-refractivity contribution in [3.63, 3.8) is 0 Å². The van der Waals surface area contributed by atoms with Crippen LogP contribution in [0.3, 0.4) is 0 Å². The van der Waals surface area contributed by atoms with Crippen molar-refractivity contribution in [3.05, 3.63) is 28.8 Å². The first-order valence-electron chi connectivity index (χ1n) is 6.39. The van der Waals surface area contributed by atoms with Crippen molar-refractivity contribution in [2.75, 3.05) is 26.0 Å². The maximum absolute atomic E-state index is 6.20. The lowest BCUT2D eigenvalue weighted by Crippen LogP contribution is -2.20. The van der Waals surface area contributed by atoms with Gasteiger partial charge in [0.25, 0.3) is 0 Å². The van der Waals surface area contributed by atoms with E-state index in [-0.39, 0.29) is 0 Å². The van der Waals surface area contributed by atoms with Crippen LogP contribution < -0.4 is 4.74 Å². The van der Waals surface area contributed by atoms with E-state index in [4.69, 9.17) is 16.3 Å². The van der Waals surface area contributed by atoms with Crippen LogP contribution in [-0.4, -0.2) is 36.1 Å². The summed E-state index contributed by atoms with van der Waals surface area (Å²) in [6, 6.07) is 6.12. The van der Waals surface area contributed by atoms with Crippen LogP contribution in [0.5, 0.6) is 5.75 Å². The largest absolute Gasteiger partial charge is 0.492 e. The van der Waals surface area contributed by atoms with E-state index in [2.05, 4.69) is 17.2 Å². The summed E-state index contributed by atoms with van der Waals surface area (Å²) < 4.78 is 5.45. The van der Waals surface area contributed by atoms with Gasteiger partial charge >= 0.3 is 0 Å². The van der Waals surface area contributed by atoms with Crippen LogP contribution in [0.2, 0.25) is 5.02 Å². The SMILES string of the molecule is CCOc1ccc(CN2CCC(SC)C2)cc1Cl. The Morgan fingerprint density at radius 2 is 2.33 bits per heavy atom. The van der Waals surface area contributed by atoms with Gasteiger partial charge in [0.1, 0.15) is 5.75 Å². The zero-order valence-corrected chi connectivity index (χ0v) is 12.6. The number of hydrogen-bond acceptors (Lipinski definition) is 3. The first-order chi connectivity index (χ1) is 8.72. The van der Waals surface area contributed by atoms with Gasteiger partial charge < -0.3 is 4.74 Å². The molecule has 2 nitrogen and oxygen atoms in total. The van der Waals surface area contributed by atoms with Crippen molar-refractivity contribution >= 4 is 23.4 Å². The van der Waals surface area contributed by atoms with Crippen molar-refractivity contribution in [1.82, 2.24) is 4.90 Å². The molecular formula is C14H20ClNOS. The fourth-order valence-electron chi connectivity index (χ4n) is 2.31. The van der Waals surface area contributed by atoms with Gasteiger partial charge in [-0.3, -0.25) is 4.90 Å². The first-order valence-corrected chi connectivity index (χ1v) is 8.06. The van der Waals surface area contributed by atoms with Crippen LogP contribution in [0.1, 0.15) is 18.9 Å². The minimum absolute atomic E-state index is 0.653. The molecule has 0 radical (unpaired) electrons. The lowest BCUT2D eigenvalue weighted by atomic mass is 10.2. The summed E-state index contributed by atoms with van der Waals surface area (Å²) in [5, 5.41) is 1.51. The molecule has 1 aromatic carbocycles. The van der Waals surface area contributed by atoms with Crippen LogP contribution in [0, 0.1) is 0 Å². The highest BCUT2D eigenvalue weighted by Gasteiger charge is 2.21. The van der Waals surface area contributed by atoms with Gasteiger partial charge in [0.05, 0.1) is 11.6 Å². The number of halogens is 1. The molecule has 100 valence electrons. The zero-order chi connectivity index (χ0) is 13.0. The second-order valence-electron chi connectivity index (χ2n) is 4.58. The number of nitrogens with zero attached hydrogens (tertiary/aromatic N) is 1. The lowest BCUT2D eigenvalue weighted by Gasteiger charge is -2.16. The van der Waals surface area contributed by atoms with E-state index in [9.17, 15) is 0 Å². The van der Waals surface area contributed by atoms with Crippen molar-refractivity contribution in [2.45, 2.75) is 25.1 Å². The van der Waals surface area contributed by atoms with Gasteiger partial charge in [-0.2, -0.15) is 11.8 Å². The molecule has 1 saturated heterocycles. The molecule has 0 spiro atoms. The molecule has 0 N–H and O–H groups in total. The van der Waals surface area contributed by atoms with Crippen LogP contribution in [-0.2, 0) is 6.54 Å². The third kappa shape index (κ3) is 3.56. The molecule has 1 aromatic rings. The number of benzene rings is 1. The molecule has 18 heavy (non-hydrogen) atoms. The van der Waals surface area contributed by atoms with E-state index >= 15 is 0 Å². The van der Waals surface area contributed by atoms with Crippen molar-refractivity contribution in [2.24, 2.45) is 0 Å². The van der Waals surface area contributed by atoms with Crippen LogP contribution in [0.15, 0.2) is 18.2 Å². The molecule has 4 heteroatoms. The Morgan fingerprint density at radius 3 is 2.94 bits per heavy atom. The Morgan fingerprint density at radius 1 is 1.50 bits per heavy atom. The summed E-state index contributed by atoms with van der Waals surface area (Å²) in [6.07, 6.45) is 3.49. The van der Waals surface area contributed by atoms with Gasteiger partial charge in [-0.05, 0) is 43.8 Å². The van der Waals surface area contributed by atoms with Crippen LogP contribution in [0.4, 0.5) is 0 Å². The molecule has 0 saturated carbocycles. The van der Waals surface area contributed by atoms with Crippen molar-refractivity contribution in [3.8, 4) is 5.75 Å². The minimum Gasteiger partial charge on any atom is -0.492 e. The fourth-order valence-corrected chi connectivity index (χ4v) is 3.27. The Kier molecular flexibility index (Phi) is 5.22. The van der Waals surface area contributed by atoms with Gasteiger partial charge in [0.2, 0.25) is 0 Å². The highest BCUT2D eigenvalue weighted by molar-refractivity contribution is 7.99. The highest BCUT2D eigenvalue weighted by atomic mass is 35.5. The van der Waals surface area contributed by atoms with Crippen LogP contribution >= 0.6 is 23.4 Å². The normalized spacial score (nSPS) is 20.3. The summed E-state index contributed by atoms with van der Waals surface area (Å²) >= 11 is 8.17. The van der Waals surface area contributed by atoms with E-state index in [0.717, 1.165) is 22.6 Å². The summed E-state index contributed by atoms with van der Waals surface area (Å²) in [5.74, 6) is 0.784. The molecular weight excluding hydrogens is 266 g/mol. The van der Waals surface area contributed by atoms with Gasteiger partial charge in [0.15, 0.2) is 0 Å². The van der Waals surface area contributed by atoms with Gasteiger partial charge in [-0.25, -0.2) is 0 Å². The summed E-state index contributed by atoms with van der Waals surface area (Å²) in [6.45, 7) is 5.99. The molecule has 2 rings (SSSR count).